The standard InChI is InChI=1S/C37H47N7O6/c1-4-6-7-8-9-12-23-49-37(47)50-26-41-35(38)27-14-17-29(18-15-27)40-25-33-42-30-24-28(16-19-31(30)43(33)3)36(46)44(22-20-34(45)48-5-2)32-13-10-11-21-39-32/h10-11,13-19,21,24,40H,4-9,12,20,22-23,25-26H2,1-3H3,(H2,38,41). The van der Waals surface area contributed by atoms with Crippen LogP contribution in [-0.4, -0.2) is 64.9 Å². The van der Waals surface area contributed by atoms with Gasteiger partial charge in [0.15, 0.2) is 6.73 Å². The van der Waals surface area contributed by atoms with Crippen LogP contribution in [-0.2, 0) is 32.6 Å². The molecule has 4 aromatic rings. The number of fused-ring (bicyclic) bond motifs is 1. The number of nitrogens with one attached hydrogen (secondary N) is 1. The van der Waals surface area contributed by atoms with Crippen molar-refractivity contribution in [3.05, 3.63) is 83.8 Å². The fraction of sp³-hybridized carbons (Fsp3) is 0.405. The van der Waals surface area contributed by atoms with Crippen LogP contribution < -0.4 is 16.0 Å². The third-order valence-corrected chi connectivity index (χ3v) is 8.00. The van der Waals surface area contributed by atoms with Crippen molar-refractivity contribution in [3.63, 3.8) is 0 Å². The largest absolute Gasteiger partial charge is 0.510 e. The number of nitrogens with two attached hydrogens (primary N) is 1. The SMILES string of the molecule is CCCCCCCCOC(=O)OC/N=C(/N)c1ccc(NCc2nc3cc(C(=O)N(CCC(=O)OCC)c4ccccn4)ccc3n2C)cc1. The van der Waals surface area contributed by atoms with Crippen LogP contribution in [0.2, 0.25) is 0 Å². The van der Waals surface area contributed by atoms with Gasteiger partial charge < -0.3 is 29.8 Å². The number of ether oxygens (including phenoxy) is 3. The maximum atomic E-state index is 13.7. The maximum Gasteiger partial charge on any atom is 0.510 e. The summed E-state index contributed by atoms with van der Waals surface area (Å²) in [6, 6.07) is 18.0. The van der Waals surface area contributed by atoms with Crippen molar-refractivity contribution in [2.75, 3.05) is 36.7 Å². The Morgan fingerprint density at radius 2 is 1.68 bits per heavy atom. The minimum absolute atomic E-state index is 0.0441. The van der Waals surface area contributed by atoms with E-state index in [1.807, 2.05) is 41.9 Å². The van der Waals surface area contributed by atoms with E-state index in [-0.39, 0.29) is 44.0 Å². The number of imidazole rings is 1. The van der Waals surface area contributed by atoms with E-state index in [1.165, 1.54) is 24.2 Å². The summed E-state index contributed by atoms with van der Waals surface area (Å²) in [7, 11) is 1.92. The highest BCUT2D eigenvalue weighted by atomic mass is 16.7. The fourth-order valence-electron chi connectivity index (χ4n) is 5.23. The monoisotopic (exact) mass is 685 g/mol. The van der Waals surface area contributed by atoms with Crippen molar-refractivity contribution in [1.29, 1.82) is 0 Å². The Morgan fingerprint density at radius 3 is 2.42 bits per heavy atom. The molecule has 1 amide bonds. The normalized spacial score (nSPS) is 11.3. The lowest BCUT2D eigenvalue weighted by Gasteiger charge is -2.21. The first kappa shape index (κ1) is 37.4. The molecule has 4 rings (SSSR count). The lowest BCUT2D eigenvalue weighted by atomic mass is 10.1. The number of unbranched alkanes of at least 4 members (excludes halogenated alkanes) is 5. The smallest absolute Gasteiger partial charge is 0.466 e. The number of esters is 1. The number of aryl methyl sites for hydroxylation is 1. The Balaban J connectivity index is 1.31. The molecule has 0 aliphatic rings. The zero-order chi connectivity index (χ0) is 35.7. The summed E-state index contributed by atoms with van der Waals surface area (Å²) in [5.74, 6) is 0.770. The van der Waals surface area contributed by atoms with Crippen molar-refractivity contribution in [2.24, 2.45) is 17.8 Å². The van der Waals surface area contributed by atoms with Crippen LogP contribution in [0.25, 0.3) is 11.0 Å². The predicted molar refractivity (Wildman–Crippen MR) is 193 cm³/mol. The number of hydrogen-bond donors (Lipinski definition) is 2. The van der Waals surface area contributed by atoms with Gasteiger partial charge in [-0.2, -0.15) is 0 Å². The highest BCUT2D eigenvalue weighted by Gasteiger charge is 2.21. The van der Waals surface area contributed by atoms with Gasteiger partial charge in [-0.05, 0) is 67.9 Å². The molecular formula is C37H47N7O6. The van der Waals surface area contributed by atoms with Gasteiger partial charge in [0.1, 0.15) is 17.5 Å². The fourth-order valence-corrected chi connectivity index (χ4v) is 5.23. The lowest BCUT2D eigenvalue weighted by molar-refractivity contribution is -0.142. The highest BCUT2D eigenvalue weighted by Crippen LogP contribution is 2.21. The molecule has 2 aromatic carbocycles. The molecule has 3 N–H and O–H groups in total. The molecule has 13 nitrogen and oxygen atoms in total. The summed E-state index contributed by atoms with van der Waals surface area (Å²) in [5.41, 5.74) is 9.57. The zero-order valence-corrected chi connectivity index (χ0v) is 29.1. The lowest BCUT2D eigenvalue weighted by Crippen LogP contribution is -2.34. The molecular weight excluding hydrogens is 638 g/mol. The van der Waals surface area contributed by atoms with Gasteiger partial charge in [0, 0.05) is 36.6 Å². The number of amidine groups is 1. The Bertz CT molecular complexity index is 1720. The first-order valence-corrected chi connectivity index (χ1v) is 17.1. The van der Waals surface area contributed by atoms with E-state index in [1.54, 1.807) is 43.5 Å². The van der Waals surface area contributed by atoms with E-state index in [0.717, 1.165) is 36.3 Å². The average Bonchev–Trinajstić information content (AvgIpc) is 3.45. The van der Waals surface area contributed by atoms with Crippen LogP contribution in [0.5, 0.6) is 0 Å². The number of anilines is 2. The van der Waals surface area contributed by atoms with Crippen LogP contribution in [0.15, 0.2) is 71.9 Å². The predicted octanol–water partition coefficient (Wildman–Crippen LogP) is 6.36. The second kappa shape index (κ2) is 19.5. The molecule has 0 atom stereocenters. The van der Waals surface area contributed by atoms with E-state index in [9.17, 15) is 14.4 Å². The first-order chi connectivity index (χ1) is 24.3. The molecule has 0 saturated carbocycles. The van der Waals surface area contributed by atoms with Crippen LogP contribution in [0.1, 0.15) is 80.5 Å². The van der Waals surface area contributed by atoms with Gasteiger partial charge in [-0.3, -0.25) is 14.5 Å². The Kier molecular flexibility index (Phi) is 14.6. The molecule has 0 saturated heterocycles. The summed E-state index contributed by atoms with van der Waals surface area (Å²) >= 11 is 0. The van der Waals surface area contributed by atoms with E-state index < -0.39 is 6.16 Å². The first-order valence-electron chi connectivity index (χ1n) is 17.1. The topological polar surface area (TPSA) is 163 Å². The molecule has 2 aromatic heterocycles. The quantitative estimate of drug-likeness (QED) is 0.0492. The number of benzene rings is 2. The number of amides is 1. The Morgan fingerprint density at radius 1 is 0.920 bits per heavy atom. The van der Waals surface area contributed by atoms with Gasteiger partial charge in [-0.1, -0.05) is 45.1 Å². The Labute approximate surface area is 292 Å². The number of nitrogens with zero attached hydrogens (tertiary/aromatic N) is 5. The molecule has 0 aliphatic heterocycles. The third-order valence-electron chi connectivity index (χ3n) is 8.00. The number of rotatable bonds is 19. The summed E-state index contributed by atoms with van der Waals surface area (Å²) < 4.78 is 17.1. The third kappa shape index (κ3) is 11.0. The minimum atomic E-state index is -0.753. The number of aromatic nitrogens is 3. The van der Waals surface area contributed by atoms with E-state index in [4.69, 9.17) is 24.9 Å². The van der Waals surface area contributed by atoms with E-state index >= 15 is 0 Å². The zero-order valence-electron chi connectivity index (χ0n) is 29.1. The van der Waals surface area contributed by atoms with Gasteiger partial charge in [-0.25, -0.2) is 19.8 Å². The molecule has 0 spiro atoms. The molecule has 0 unspecified atom stereocenters. The van der Waals surface area contributed by atoms with Gasteiger partial charge in [0.25, 0.3) is 5.91 Å². The van der Waals surface area contributed by atoms with Gasteiger partial charge in [0.2, 0.25) is 0 Å². The Hall–Kier alpha value is -5.46. The molecule has 13 heteroatoms. The number of hydrogen-bond acceptors (Lipinski definition) is 10. The highest BCUT2D eigenvalue weighted by molar-refractivity contribution is 6.07. The summed E-state index contributed by atoms with van der Waals surface area (Å²) in [5, 5.41) is 3.36. The van der Waals surface area contributed by atoms with Crippen molar-refractivity contribution in [1.82, 2.24) is 14.5 Å². The molecule has 0 radical (unpaired) electrons. The second-order valence-corrected chi connectivity index (χ2v) is 11.6. The van der Waals surface area contributed by atoms with Crippen molar-refractivity contribution < 1.29 is 28.6 Å². The van der Waals surface area contributed by atoms with Crippen LogP contribution in [0.3, 0.4) is 0 Å². The van der Waals surface area contributed by atoms with Crippen molar-refractivity contribution in [2.45, 2.75) is 65.3 Å². The second-order valence-electron chi connectivity index (χ2n) is 11.6. The summed E-state index contributed by atoms with van der Waals surface area (Å²) in [4.78, 5) is 52.2. The van der Waals surface area contributed by atoms with Crippen LogP contribution >= 0.6 is 0 Å². The minimum Gasteiger partial charge on any atom is -0.466 e. The van der Waals surface area contributed by atoms with Crippen molar-refractivity contribution in [3.8, 4) is 0 Å². The summed E-state index contributed by atoms with van der Waals surface area (Å²) in [6.45, 7) is 4.85. The molecule has 266 valence electrons. The number of pyridine rings is 1. The van der Waals surface area contributed by atoms with Crippen molar-refractivity contribution >= 4 is 46.4 Å². The van der Waals surface area contributed by atoms with Gasteiger partial charge >= 0.3 is 12.1 Å². The van der Waals surface area contributed by atoms with Crippen LogP contribution in [0, 0.1) is 0 Å². The van der Waals surface area contributed by atoms with Gasteiger partial charge in [-0.15, -0.1) is 0 Å². The molecule has 0 aliphatic carbocycles. The average molecular weight is 686 g/mol. The number of carbonyl (C=O) groups excluding carboxylic acids is 3. The van der Waals surface area contributed by atoms with E-state index in [0.29, 0.717) is 35.6 Å². The molecule has 0 bridgehead atoms. The van der Waals surface area contributed by atoms with E-state index in [2.05, 4.69) is 22.2 Å². The maximum absolute atomic E-state index is 13.7. The summed E-state index contributed by atoms with van der Waals surface area (Å²) in [6.07, 6.45) is 7.51. The van der Waals surface area contributed by atoms with Crippen LogP contribution in [0.4, 0.5) is 16.3 Å². The number of carbonyl (C=O) groups is 3. The number of aliphatic imine (C=N–C) groups is 1. The van der Waals surface area contributed by atoms with Gasteiger partial charge in [0.05, 0.1) is 37.2 Å². The molecule has 50 heavy (non-hydrogen) atoms. The molecule has 0 fully saturated rings. The molecule has 2 heterocycles.